The van der Waals surface area contributed by atoms with Crippen molar-refractivity contribution in [3.8, 4) is 6.07 Å². The third-order valence-corrected chi connectivity index (χ3v) is 5.07. The van der Waals surface area contributed by atoms with Gasteiger partial charge in [0.25, 0.3) is 0 Å². The summed E-state index contributed by atoms with van der Waals surface area (Å²) < 4.78 is -2.49. The molecule has 112 valence electrons. The zero-order valence-corrected chi connectivity index (χ0v) is 14.5. The molecule has 1 aromatic heterocycles. The number of hydrogen-bond acceptors (Lipinski definition) is 3. The van der Waals surface area contributed by atoms with Crippen molar-refractivity contribution in [2.75, 3.05) is 0 Å². The number of alkyl halides is 5. The van der Waals surface area contributed by atoms with Crippen LogP contribution in [0, 0.1) is 11.3 Å². The Balaban J connectivity index is 3.05. The van der Waals surface area contributed by atoms with E-state index >= 15 is 0 Å². The van der Waals surface area contributed by atoms with Crippen molar-refractivity contribution in [1.29, 1.82) is 5.26 Å². The Morgan fingerprint density at radius 1 is 1.15 bits per heavy atom. The second-order valence-electron chi connectivity index (χ2n) is 4.25. The van der Waals surface area contributed by atoms with Crippen molar-refractivity contribution in [2.24, 2.45) is 0 Å². The molecule has 9 heteroatoms. The molecule has 20 heavy (non-hydrogen) atoms. The maximum Gasteiger partial charge on any atom is 0.228 e. The first-order chi connectivity index (χ1) is 9.25. The highest BCUT2D eigenvalue weighted by molar-refractivity contribution is 6.75. The van der Waals surface area contributed by atoms with Crippen molar-refractivity contribution in [1.82, 2.24) is 15.0 Å². The topological polar surface area (TPSA) is 54.5 Å². The normalized spacial score (nSPS) is 12.4. The van der Waals surface area contributed by atoms with Gasteiger partial charge >= 0.3 is 0 Å². The molecule has 0 saturated carbocycles. The average Bonchev–Trinajstić information content (AvgIpc) is 2.76. The first-order valence-corrected chi connectivity index (χ1v) is 7.93. The summed E-state index contributed by atoms with van der Waals surface area (Å²) >= 11 is 29.6. The molecule has 0 saturated heterocycles. The average molecular weight is 379 g/mol. The van der Waals surface area contributed by atoms with Crippen LogP contribution in [0.15, 0.2) is 0 Å². The number of halogens is 5. The maximum absolute atomic E-state index is 9.06. The minimum Gasteiger partial charge on any atom is -0.245 e. The first-order valence-electron chi connectivity index (χ1n) is 6.04. The molecule has 1 rings (SSSR count). The third kappa shape index (κ3) is 4.05. The van der Waals surface area contributed by atoms with Gasteiger partial charge in [0.05, 0.1) is 0 Å². The highest BCUT2D eigenvalue weighted by atomic mass is 35.6. The summed E-state index contributed by atoms with van der Waals surface area (Å²) in [6.45, 7) is 2.62. The number of hydrogen-bond donors (Lipinski definition) is 0. The van der Waals surface area contributed by atoms with Gasteiger partial charge in [-0.1, -0.05) is 89.4 Å². The second kappa shape index (κ2) is 7.38. The Hall–Kier alpha value is 0.0800. The van der Waals surface area contributed by atoms with Gasteiger partial charge in [0.1, 0.15) is 11.8 Å². The Kier molecular flexibility index (Phi) is 6.69. The molecule has 0 N–H and O–H groups in total. The molecule has 1 aromatic rings. The summed E-state index contributed by atoms with van der Waals surface area (Å²) in [5.41, 5.74) is 0.0663. The monoisotopic (exact) mass is 376 g/mol. The van der Waals surface area contributed by atoms with E-state index in [0.29, 0.717) is 6.54 Å². The predicted octanol–water partition coefficient (Wildman–Crippen LogP) is 4.73. The van der Waals surface area contributed by atoms with Crippen LogP contribution in [0.5, 0.6) is 0 Å². The standard InChI is InChI=1S/C11H13Cl5N4/c1-2-3-4-5-6-20-9(8(7-17)18-19-20)10(12,13)11(14,15)16/h2-6H2,1H3. The lowest BCUT2D eigenvalue weighted by atomic mass is 10.2. The quantitative estimate of drug-likeness (QED) is 0.531. The first kappa shape index (κ1) is 18.1. The summed E-state index contributed by atoms with van der Waals surface area (Å²) in [5.74, 6) is 0. The molecule has 0 radical (unpaired) electrons. The molecule has 1 heterocycles. The van der Waals surface area contributed by atoms with E-state index in [9.17, 15) is 0 Å². The molecule has 0 unspecified atom stereocenters. The fourth-order valence-corrected chi connectivity index (χ4v) is 2.32. The van der Waals surface area contributed by atoms with Gasteiger partial charge < -0.3 is 0 Å². The number of unbranched alkanes of at least 4 members (excludes halogenated alkanes) is 3. The van der Waals surface area contributed by atoms with Gasteiger partial charge in [-0.05, 0) is 6.42 Å². The minimum absolute atomic E-state index is 0.0446. The summed E-state index contributed by atoms with van der Waals surface area (Å²) in [4.78, 5) is 0. The fraction of sp³-hybridized carbons (Fsp3) is 0.727. The van der Waals surface area contributed by atoms with Crippen LogP contribution >= 0.6 is 58.0 Å². The van der Waals surface area contributed by atoms with E-state index in [1.807, 2.05) is 6.07 Å². The lowest BCUT2D eigenvalue weighted by Crippen LogP contribution is -2.32. The van der Waals surface area contributed by atoms with Crippen LogP contribution in [-0.2, 0) is 10.9 Å². The summed E-state index contributed by atoms with van der Waals surface area (Å²) in [6, 6.07) is 1.86. The SMILES string of the molecule is CCCCCCn1nnc(C#N)c1C(Cl)(Cl)C(Cl)(Cl)Cl. The van der Waals surface area contributed by atoms with Crippen LogP contribution in [0.3, 0.4) is 0 Å². The Morgan fingerprint density at radius 2 is 1.80 bits per heavy atom. The molecule has 0 fully saturated rings. The molecule has 0 spiro atoms. The Morgan fingerprint density at radius 3 is 2.30 bits per heavy atom. The molecular weight excluding hydrogens is 365 g/mol. The van der Waals surface area contributed by atoms with Gasteiger partial charge in [-0.2, -0.15) is 5.26 Å². The summed E-state index contributed by atoms with van der Waals surface area (Å²) in [5, 5.41) is 16.6. The largest absolute Gasteiger partial charge is 0.245 e. The van der Waals surface area contributed by atoms with Gasteiger partial charge in [-0.3, -0.25) is 0 Å². The number of nitrogens with zero attached hydrogens (tertiary/aromatic N) is 4. The van der Waals surface area contributed by atoms with Gasteiger partial charge in [0.2, 0.25) is 8.13 Å². The van der Waals surface area contributed by atoms with E-state index in [1.165, 1.54) is 4.68 Å². The number of aromatic nitrogens is 3. The van der Waals surface area contributed by atoms with E-state index in [0.717, 1.165) is 25.7 Å². The van der Waals surface area contributed by atoms with Crippen LogP contribution in [0.4, 0.5) is 0 Å². The molecule has 0 aliphatic carbocycles. The van der Waals surface area contributed by atoms with Crippen molar-refractivity contribution < 1.29 is 0 Å². The maximum atomic E-state index is 9.06. The zero-order chi connectivity index (χ0) is 15.4. The van der Waals surface area contributed by atoms with Crippen LogP contribution < -0.4 is 0 Å². The molecule has 0 bridgehead atoms. The van der Waals surface area contributed by atoms with E-state index < -0.39 is 8.13 Å². The van der Waals surface area contributed by atoms with Crippen LogP contribution in [0.2, 0.25) is 0 Å². The number of nitriles is 1. The molecule has 0 aliphatic rings. The van der Waals surface area contributed by atoms with Crippen molar-refractivity contribution in [2.45, 2.75) is 47.3 Å². The van der Waals surface area contributed by atoms with Crippen LogP contribution in [-0.4, -0.2) is 18.8 Å². The van der Waals surface area contributed by atoms with Crippen LogP contribution in [0.1, 0.15) is 44.0 Å². The number of rotatable bonds is 6. The predicted molar refractivity (Wildman–Crippen MR) is 82.6 cm³/mol. The number of aryl methyl sites for hydroxylation is 1. The third-order valence-electron chi connectivity index (χ3n) is 2.72. The molecular formula is C11H13Cl5N4. The highest BCUT2D eigenvalue weighted by Crippen LogP contribution is 2.53. The van der Waals surface area contributed by atoms with Gasteiger partial charge in [0, 0.05) is 6.54 Å². The zero-order valence-electron chi connectivity index (χ0n) is 10.7. The summed E-state index contributed by atoms with van der Waals surface area (Å²) in [7, 11) is 0. The molecule has 0 atom stereocenters. The van der Waals surface area contributed by atoms with Gasteiger partial charge in [-0.25, -0.2) is 4.68 Å². The highest BCUT2D eigenvalue weighted by Gasteiger charge is 2.51. The Labute approximate surface area is 142 Å². The van der Waals surface area contributed by atoms with Crippen molar-refractivity contribution in [3.05, 3.63) is 11.4 Å². The molecule has 4 nitrogen and oxygen atoms in total. The smallest absolute Gasteiger partial charge is 0.228 e. The minimum atomic E-state index is -2.01. The molecule has 0 aromatic carbocycles. The van der Waals surface area contributed by atoms with Gasteiger partial charge in [-0.15, -0.1) is 5.10 Å². The van der Waals surface area contributed by atoms with E-state index in [4.69, 9.17) is 63.3 Å². The van der Waals surface area contributed by atoms with E-state index in [-0.39, 0.29) is 11.4 Å². The van der Waals surface area contributed by atoms with E-state index in [1.54, 1.807) is 0 Å². The summed E-state index contributed by atoms with van der Waals surface area (Å²) in [6.07, 6.45) is 4.07. The Bertz CT molecular complexity index is 486. The van der Waals surface area contributed by atoms with Gasteiger partial charge in [0.15, 0.2) is 5.69 Å². The van der Waals surface area contributed by atoms with Crippen molar-refractivity contribution in [3.63, 3.8) is 0 Å². The fourth-order valence-electron chi connectivity index (χ4n) is 1.68. The lowest BCUT2D eigenvalue weighted by Gasteiger charge is -2.27. The lowest BCUT2D eigenvalue weighted by molar-refractivity contribution is 0.504. The van der Waals surface area contributed by atoms with Crippen LogP contribution in [0.25, 0.3) is 0 Å². The molecule has 0 amide bonds. The van der Waals surface area contributed by atoms with E-state index in [2.05, 4.69) is 17.2 Å². The van der Waals surface area contributed by atoms with Crippen molar-refractivity contribution >= 4 is 58.0 Å². The molecule has 0 aliphatic heterocycles. The second-order valence-corrected chi connectivity index (χ2v) is 7.86.